The molecule has 1 fully saturated rings. The Morgan fingerprint density at radius 3 is 2.72 bits per heavy atom. The summed E-state index contributed by atoms with van der Waals surface area (Å²) < 4.78 is 0. The summed E-state index contributed by atoms with van der Waals surface area (Å²) in [5, 5.41) is 3.15. The highest BCUT2D eigenvalue weighted by Crippen LogP contribution is 2.27. The van der Waals surface area contributed by atoms with Crippen molar-refractivity contribution in [3.8, 4) is 0 Å². The van der Waals surface area contributed by atoms with E-state index < -0.39 is 0 Å². The monoisotopic (exact) mass is 254 g/mol. The minimum Gasteiger partial charge on any atom is -0.353 e. The quantitative estimate of drug-likeness (QED) is 0.716. The van der Waals surface area contributed by atoms with Gasteiger partial charge in [-0.2, -0.15) is 0 Å². The molecule has 0 saturated heterocycles. The Labute approximate surface area is 112 Å². The third-order valence-electron chi connectivity index (χ3n) is 4.26. The summed E-state index contributed by atoms with van der Waals surface area (Å²) in [6.45, 7) is 6.50. The first-order valence-corrected chi connectivity index (χ1v) is 7.60. The Morgan fingerprint density at radius 2 is 2.11 bits per heavy atom. The molecule has 3 heteroatoms. The SMILES string of the molecule is CCCCCC(C)NC(=O)C1CCC(C)C(N)C1. The lowest BCUT2D eigenvalue weighted by Gasteiger charge is -2.31. The summed E-state index contributed by atoms with van der Waals surface area (Å²) in [5.41, 5.74) is 6.06. The van der Waals surface area contributed by atoms with Crippen LogP contribution in [0.15, 0.2) is 0 Å². The summed E-state index contributed by atoms with van der Waals surface area (Å²) in [6, 6.07) is 0.504. The zero-order valence-corrected chi connectivity index (χ0v) is 12.2. The Morgan fingerprint density at radius 1 is 1.39 bits per heavy atom. The van der Waals surface area contributed by atoms with Crippen LogP contribution in [-0.4, -0.2) is 18.0 Å². The van der Waals surface area contributed by atoms with E-state index in [1.165, 1.54) is 19.3 Å². The molecule has 0 aromatic rings. The highest BCUT2D eigenvalue weighted by Gasteiger charge is 2.29. The average molecular weight is 254 g/mol. The van der Waals surface area contributed by atoms with Crippen LogP contribution in [0, 0.1) is 11.8 Å². The fraction of sp³-hybridized carbons (Fsp3) is 0.933. The minimum absolute atomic E-state index is 0.143. The number of amides is 1. The van der Waals surface area contributed by atoms with Gasteiger partial charge in [0.05, 0.1) is 0 Å². The van der Waals surface area contributed by atoms with Crippen molar-refractivity contribution in [2.24, 2.45) is 17.6 Å². The predicted octanol–water partition coefficient (Wildman–Crippen LogP) is 2.83. The van der Waals surface area contributed by atoms with Gasteiger partial charge in [0.15, 0.2) is 0 Å². The van der Waals surface area contributed by atoms with Crippen molar-refractivity contribution in [2.75, 3.05) is 0 Å². The van der Waals surface area contributed by atoms with Crippen LogP contribution in [0.4, 0.5) is 0 Å². The third-order valence-corrected chi connectivity index (χ3v) is 4.26. The van der Waals surface area contributed by atoms with E-state index in [9.17, 15) is 4.79 Å². The molecule has 4 atom stereocenters. The molecular formula is C15H30N2O. The van der Waals surface area contributed by atoms with Crippen LogP contribution in [0.25, 0.3) is 0 Å². The molecule has 18 heavy (non-hydrogen) atoms. The Bertz CT molecular complexity index is 255. The third kappa shape index (κ3) is 4.97. The molecule has 0 heterocycles. The predicted molar refractivity (Wildman–Crippen MR) is 76.2 cm³/mol. The topological polar surface area (TPSA) is 55.1 Å². The fourth-order valence-electron chi connectivity index (χ4n) is 2.73. The van der Waals surface area contributed by atoms with E-state index in [-0.39, 0.29) is 17.9 Å². The maximum atomic E-state index is 12.1. The zero-order chi connectivity index (χ0) is 13.5. The summed E-state index contributed by atoms with van der Waals surface area (Å²) in [5.74, 6) is 0.933. The molecule has 3 nitrogen and oxygen atoms in total. The van der Waals surface area contributed by atoms with Gasteiger partial charge in [0, 0.05) is 18.0 Å². The summed E-state index contributed by atoms with van der Waals surface area (Å²) in [7, 11) is 0. The molecule has 0 radical (unpaired) electrons. The number of hydrogen-bond acceptors (Lipinski definition) is 2. The molecule has 0 aromatic heterocycles. The first kappa shape index (κ1) is 15.5. The number of hydrogen-bond donors (Lipinski definition) is 2. The van der Waals surface area contributed by atoms with Crippen molar-refractivity contribution in [1.29, 1.82) is 0 Å². The smallest absolute Gasteiger partial charge is 0.223 e. The Kier molecular flexibility index (Phi) is 6.69. The highest BCUT2D eigenvalue weighted by atomic mass is 16.1. The molecule has 1 aliphatic carbocycles. The van der Waals surface area contributed by atoms with Gasteiger partial charge in [0.1, 0.15) is 0 Å². The summed E-state index contributed by atoms with van der Waals surface area (Å²) >= 11 is 0. The largest absolute Gasteiger partial charge is 0.353 e. The van der Waals surface area contributed by atoms with Crippen LogP contribution in [0.3, 0.4) is 0 Å². The molecule has 0 aromatic carbocycles. The molecular weight excluding hydrogens is 224 g/mol. The lowest BCUT2D eigenvalue weighted by molar-refractivity contribution is -0.127. The number of carbonyl (C=O) groups is 1. The van der Waals surface area contributed by atoms with E-state index in [0.717, 1.165) is 25.7 Å². The zero-order valence-electron chi connectivity index (χ0n) is 12.2. The maximum Gasteiger partial charge on any atom is 0.223 e. The Hall–Kier alpha value is -0.570. The molecule has 1 aliphatic rings. The van der Waals surface area contributed by atoms with Gasteiger partial charge in [-0.25, -0.2) is 0 Å². The second-order valence-electron chi connectivity index (χ2n) is 6.06. The van der Waals surface area contributed by atoms with Gasteiger partial charge in [0.25, 0.3) is 0 Å². The number of rotatable bonds is 6. The minimum atomic E-state index is 0.143. The van der Waals surface area contributed by atoms with Crippen molar-refractivity contribution in [2.45, 2.75) is 77.8 Å². The van der Waals surface area contributed by atoms with Gasteiger partial charge >= 0.3 is 0 Å². The van der Waals surface area contributed by atoms with Crippen molar-refractivity contribution >= 4 is 5.91 Å². The van der Waals surface area contributed by atoms with Crippen LogP contribution in [-0.2, 0) is 4.79 Å². The van der Waals surface area contributed by atoms with Crippen LogP contribution in [0.5, 0.6) is 0 Å². The molecule has 1 amide bonds. The molecule has 106 valence electrons. The van der Waals surface area contributed by atoms with Gasteiger partial charge in [-0.05, 0) is 38.5 Å². The Balaban J connectivity index is 2.27. The van der Waals surface area contributed by atoms with Gasteiger partial charge < -0.3 is 11.1 Å². The lowest BCUT2D eigenvalue weighted by Crippen LogP contribution is -2.43. The van der Waals surface area contributed by atoms with Crippen LogP contribution in [0.2, 0.25) is 0 Å². The van der Waals surface area contributed by atoms with E-state index in [0.29, 0.717) is 12.0 Å². The van der Waals surface area contributed by atoms with Crippen LogP contribution in [0.1, 0.15) is 65.7 Å². The van der Waals surface area contributed by atoms with Gasteiger partial charge in [-0.15, -0.1) is 0 Å². The van der Waals surface area contributed by atoms with Crippen molar-refractivity contribution < 1.29 is 4.79 Å². The van der Waals surface area contributed by atoms with E-state index in [2.05, 4.69) is 26.1 Å². The van der Waals surface area contributed by atoms with Gasteiger partial charge in [0.2, 0.25) is 5.91 Å². The molecule has 4 unspecified atom stereocenters. The van der Waals surface area contributed by atoms with E-state index >= 15 is 0 Å². The molecule has 3 N–H and O–H groups in total. The normalized spacial score (nSPS) is 29.9. The molecule has 0 spiro atoms. The molecule has 1 saturated carbocycles. The maximum absolute atomic E-state index is 12.1. The highest BCUT2D eigenvalue weighted by molar-refractivity contribution is 5.79. The second kappa shape index (κ2) is 7.78. The molecule has 0 bridgehead atoms. The van der Waals surface area contributed by atoms with Crippen molar-refractivity contribution in [3.05, 3.63) is 0 Å². The van der Waals surface area contributed by atoms with Crippen molar-refractivity contribution in [3.63, 3.8) is 0 Å². The van der Waals surface area contributed by atoms with E-state index in [1.807, 2.05) is 0 Å². The lowest BCUT2D eigenvalue weighted by atomic mass is 9.79. The van der Waals surface area contributed by atoms with E-state index in [1.54, 1.807) is 0 Å². The van der Waals surface area contributed by atoms with Crippen LogP contribution >= 0.6 is 0 Å². The van der Waals surface area contributed by atoms with Gasteiger partial charge in [-0.3, -0.25) is 4.79 Å². The first-order valence-electron chi connectivity index (χ1n) is 7.60. The fourth-order valence-corrected chi connectivity index (χ4v) is 2.73. The number of carbonyl (C=O) groups excluding carboxylic acids is 1. The number of unbranched alkanes of at least 4 members (excludes halogenated alkanes) is 2. The summed E-state index contributed by atoms with van der Waals surface area (Å²) in [6.07, 6.45) is 7.73. The van der Waals surface area contributed by atoms with Crippen molar-refractivity contribution in [1.82, 2.24) is 5.32 Å². The second-order valence-corrected chi connectivity index (χ2v) is 6.06. The number of nitrogens with two attached hydrogens (primary N) is 1. The van der Waals surface area contributed by atoms with E-state index in [4.69, 9.17) is 5.73 Å². The van der Waals surface area contributed by atoms with Gasteiger partial charge in [-0.1, -0.05) is 33.1 Å². The first-order chi connectivity index (χ1) is 8.54. The molecule has 0 aliphatic heterocycles. The standard InChI is InChI=1S/C15H30N2O/c1-4-5-6-7-12(3)17-15(18)13-9-8-11(2)14(16)10-13/h11-14H,4-10,16H2,1-3H3,(H,17,18). The molecule has 1 rings (SSSR count). The van der Waals surface area contributed by atoms with Crippen LogP contribution < -0.4 is 11.1 Å². The average Bonchev–Trinajstić information content (AvgIpc) is 2.33. The number of nitrogens with one attached hydrogen (secondary N) is 1. The summed E-state index contributed by atoms with van der Waals surface area (Å²) in [4.78, 5) is 12.1.